The quantitative estimate of drug-likeness (QED) is 0.826. The Morgan fingerprint density at radius 2 is 2.26 bits per heavy atom. The number of carboxylic acids is 1. The Balaban J connectivity index is 1.61. The van der Waals surface area contributed by atoms with Gasteiger partial charge in [-0.05, 0) is 37.2 Å². The maximum Gasteiger partial charge on any atom is 0.308 e. The van der Waals surface area contributed by atoms with Crippen molar-refractivity contribution in [1.82, 2.24) is 14.7 Å². The minimum absolute atomic E-state index is 0.0758. The summed E-state index contributed by atoms with van der Waals surface area (Å²) in [6.45, 7) is 1.49. The second-order valence-electron chi connectivity index (χ2n) is 6.99. The van der Waals surface area contributed by atoms with Gasteiger partial charge in [-0.15, -0.1) is 0 Å². The van der Waals surface area contributed by atoms with E-state index in [2.05, 4.69) is 10.00 Å². The lowest BCUT2D eigenvalue weighted by Gasteiger charge is -2.23. The van der Waals surface area contributed by atoms with Crippen LogP contribution in [-0.2, 0) is 11.3 Å². The van der Waals surface area contributed by atoms with E-state index in [1.807, 2.05) is 36.1 Å². The van der Waals surface area contributed by atoms with E-state index in [0.29, 0.717) is 36.8 Å². The van der Waals surface area contributed by atoms with Crippen molar-refractivity contribution >= 4 is 5.97 Å². The van der Waals surface area contributed by atoms with E-state index in [1.165, 1.54) is 0 Å². The van der Waals surface area contributed by atoms with Crippen LogP contribution in [0.25, 0.3) is 0 Å². The van der Waals surface area contributed by atoms with Crippen molar-refractivity contribution < 1.29 is 24.1 Å². The fourth-order valence-corrected chi connectivity index (χ4v) is 4.21. The first-order valence-corrected chi connectivity index (χ1v) is 8.96. The lowest BCUT2D eigenvalue weighted by Crippen LogP contribution is -2.34. The van der Waals surface area contributed by atoms with E-state index in [4.69, 9.17) is 14.2 Å². The Bertz CT molecular complexity index is 823. The van der Waals surface area contributed by atoms with Gasteiger partial charge in [0.05, 0.1) is 13.0 Å². The smallest absolute Gasteiger partial charge is 0.308 e. The number of likely N-dealkylation sites (N-methyl/N-ethyl adjacent to an activating group) is 1. The molecule has 1 N–H and O–H groups in total. The normalized spacial score (nSPS) is 24.3. The first-order chi connectivity index (χ1) is 13.1. The molecule has 2 aromatic rings. The highest BCUT2D eigenvalue weighted by Gasteiger charge is 2.45. The third kappa shape index (κ3) is 3.21. The summed E-state index contributed by atoms with van der Waals surface area (Å²) in [7, 11) is 3.55. The van der Waals surface area contributed by atoms with Gasteiger partial charge in [0.25, 0.3) is 0 Å². The molecule has 1 fully saturated rings. The summed E-state index contributed by atoms with van der Waals surface area (Å²) in [5, 5.41) is 14.2. The number of ether oxygens (including phenoxy) is 3. The van der Waals surface area contributed by atoms with E-state index in [-0.39, 0.29) is 18.8 Å². The molecule has 0 radical (unpaired) electrons. The fraction of sp³-hybridized carbons (Fsp3) is 0.474. The number of aliphatic carboxylic acids is 1. The number of aryl methyl sites for hydroxylation is 1. The molecule has 1 saturated heterocycles. The first kappa shape index (κ1) is 17.7. The van der Waals surface area contributed by atoms with Crippen molar-refractivity contribution in [3.63, 3.8) is 0 Å². The lowest BCUT2D eigenvalue weighted by molar-refractivity contribution is -0.143. The molecular weight excluding hydrogens is 350 g/mol. The monoisotopic (exact) mass is 373 g/mol. The number of carbonyl (C=O) groups is 1. The van der Waals surface area contributed by atoms with Gasteiger partial charge in [-0.3, -0.25) is 9.48 Å². The molecule has 1 aromatic heterocycles. The predicted octanol–water partition coefficient (Wildman–Crippen LogP) is 1.81. The molecule has 8 nitrogen and oxygen atoms in total. The number of benzene rings is 1. The van der Waals surface area contributed by atoms with Crippen molar-refractivity contribution in [1.29, 1.82) is 0 Å². The Labute approximate surface area is 157 Å². The zero-order valence-electron chi connectivity index (χ0n) is 15.4. The molecule has 0 bridgehead atoms. The minimum Gasteiger partial charge on any atom is -0.493 e. The van der Waals surface area contributed by atoms with Gasteiger partial charge in [0.2, 0.25) is 12.5 Å². The molecular formula is C19H23N3O5. The molecule has 1 aromatic carbocycles. The number of carboxylic acid groups (broad SMARTS) is 1. The highest BCUT2D eigenvalue weighted by molar-refractivity contribution is 5.73. The van der Waals surface area contributed by atoms with Crippen LogP contribution < -0.4 is 14.2 Å². The summed E-state index contributed by atoms with van der Waals surface area (Å²) in [6, 6.07) is 5.55. The number of aromatic nitrogens is 2. The largest absolute Gasteiger partial charge is 0.493 e. The van der Waals surface area contributed by atoms with Gasteiger partial charge in [0.15, 0.2) is 11.5 Å². The average molecular weight is 373 g/mol. The van der Waals surface area contributed by atoms with E-state index in [9.17, 15) is 9.90 Å². The summed E-state index contributed by atoms with van der Waals surface area (Å²) < 4.78 is 18.2. The maximum absolute atomic E-state index is 12.2. The van der Waals surface area contributed by atoms with Crippen molar-refractivity contribution in [2.24, 2.45) is 5.92 Å². The third-order valence-electron chi connectivity index (χ3n) is 5.51. The molecule has 27 heavy (non-hydrogen) atoms. The fourth-order valence-electron chi connectivity index (χ4n) is 4.21. The van der Waals surface area contributed by atoms with Gasteiger partial charge >= 0.3 is 5.97 Å². The highest BCUT2D eigenvalue weighted by Crippen LogP contribution is 2.46. The van der Waals surface area contributed by atoms with Crippen LogP contribution >= 0.6 is 0 Å². The molecule has 144 valence electrons. The van der Waals surface area contributed by atoms with Gasteiger partial charge in [-0.25, -0.2) is 0 Å². The van der Waals surface area contributed by atoms with Crippen LogP contribution in [0.1, 0.15) is 17.9 Å². The summed E-state index contributed by atoms with van der Waals surface area (Å²) >= 11 is 0. The average Bonchev–Trinajstić information content (AvgIpc) is 3.38. The molecule has 4 rings (SSSR count). The van der Waals surface area contributed by atoms with Gasteiger partial charge in [0.1, 0.15) is 0 Å². The Hall–Kier alpha value is -2.74. The second kappa shape index (κ2) is 7.11. The summed E-state index contributed by atoms with van der Waals surface area (Å²) in [5.41, 5.74) is 0.900. The topological polar surface area (TPSA) is 86.1 Å². The number of nitrogens with zero attached hydrogens (tertiary/aromatic N) is 3. The van der Waals surface area contributed by atoms with Crippen molar-refractivity contribution in [3.8, 4) is 17.2 Å². The first-order valence-electron chi connectivity index (χ1n) is 8.96. The van der Waals surface area contributed by atoms with Crippen LogP contribution in [0.15, 0.2) is 30.6 Å². The zero-order valence-corrected chi connectivity index (χ0v) is 15.4. The number of fused-ring (bicyclic) bond motifs is 1. The Morgan fingerprint density at radius 3 is 2.96 bits per heavy atom. The van der Waals surface area contributed by atoms with Crippen molar-refractivity contribution in [2.75, 3.05) is 27.5 Å². The number of likely N-dealkylation sites (tertiary alicyclic amines) is 1. The number of methoxy groups -OCH3 is 1. The van der Waals surface area contributed by atoms with E-state index >= 15 is 0 Å². The second-order valence-corrected chi connectivity index (χ2v) is 6.99. The summed E-state index contributed by atoms with van der Waals surface area (Å²) in [6.07, 6.45) is 4.34. The number of rotatable bonds is 6. The number of hydrogen-bond donors (Lipinski definition) is 1. The van der Waals surface area contributed by atoms with E-state index in [1.54, 1.807) is 13.3 Å². The SMILES string of the molecule is COc1cc(C2CN(C)C(CCn3cccn3)C2C(=O)O)cc2c1OCO2. The standard InChI is InChI=1S/C19H23N3O5/c1-21-10-13(12-8-15(25-2)18-16(9-12)26-11-27-18)17(19(23)24)14(21)4-7-22-6-3-5-20-22/h3,5-6,8-9,13-14,17H,4,7,10-11H2,1-2H3,(H,23,24). The van der Waals surface area contributed by atoms with Crippen molar-refractivity contribution in [3.05, 3.63) is 36.2 Å². The van der Waals surface area contributed by atoms with Gasteiger partial charge in [-0.1, -0.05) is 0 Å². The predicted molar refractivity (Wildman–Crippen MR) is 96.2 cm³/mol. The minimum atomic E-state index is -0.786. The van der Waals surface area contributed by atoms with Gasteiger partial charge in [0, 0.05) is 37.4 Å². The van der Waals surface area contributed by atoms with Crippen LogP contribution in [0.2, 0.25) is 0 Å². The zero-order chi connectivity index (χ0) is 19.0. The van der Waals surface area contributed by atoms with Crippen LogP contribution in [0.4, 0.5) is 0 Å². The van der Waals surface area contributed by atoms with E-state index in [0.717, 1.165) is 5.56 Å². The van der Waals surface area contributed by atoms with E-state index < -0.39 is 11.9 Å². The molecule has 3 atom stereocenters. The van der Waals surface area contributed by atoms with Crippen LogP contribution in [-0.4, -0.2) is 59.3 Å². The van der Waals surface area contributed by atoms with Gasteiger partial charge < -0.3 is 24.2 Å². The number of hydrogen-bond acceptors (Lipinski definition) is 6. The highest BCUT2D eigenvalue weighted by atomic mass is 16.7. The molecule has 0 saturated carbocycles. The summed E-state index contributed by atoms with van der Waals surface area (Å²) in [5.74, 6) is 0.304. The van der Waals surface area contributed by atoms with Crippen LogP contribution in [0, 0.1) is 5.92 Å². The molecule has 2 aliphatic heterocycles. The third-order valence-corrected chi connectivity index (χ3v) is 5.51. The van der Waals surface area contributed by atoms with Crippen molar-refractivity contribution in [2.45, 2.75) is 24.9 Å². The summed E-state index contributed by atoms with van der Waals surface area (Å²) in [4.78, 5) is 14.3. The molecule has 8 heteroatoms. The molecule has 0 spiro atoms. The van der Waals surface area contributed by atoms with Crippen LogP contribution in [0.5, 0.6) is 17.2 Å². The molecule has 3 unspecified atom stereocenters. The molecule has 0 amide bonds. The molecule has 2 aliphatic rings. The van der Waals surface area contributed by atoms with Crippen LogP contribution in [0.3, 0.4) is 0 Å². The lowest BCUT2D eigenvalue weighted by atomic mass is 9.84. The van der Waals surface area contributed by atoms with Gasteiger partial charge in [-0.2, -0.15) is 5.10 Å². The Morgan fingerprint density at radius 1 is 1.41 bits per heavy atom. The maximum atomic E-state index is 12.2. The molecule has 3 heterocycles. The Kier molecular flexibility index (Phi) is 4.65. The molecule has 0 aliphatic carbocycles.